The van der Waals surface area contributed by atoms with Gasteiger partial charge in [-0.15, -0.1) is 0 Å². The van der Waals surface area contributed by atoms with Crippen LogP contribution in [0.5, 0.6) is 11.5 Å². The SMILES string of the molecule is CCOC(=O)COc1ccc(/C=C2\N=C(c3ccc(C(C)C)cc3)OC2=O)cc1OC. The molecular weight excluding hydrogens is 398 g/mol. The highest BCUT2D eigenvalue weighted by Gasteiger charge is 2.24. The first-order valence-corrected chi connectivity index (χ1v) is 10.0. The average molecular weight is 423 g/mol. The Morgan fingerprint density at radius 2 is 1.87 bits per heavy atom. The van der Waals surface area contributed by atoms with E-state index in [1.165, 1.54) is 12.7 Å². The zero-order valence-electron chi connectivity index (χ0n) is 18.0. The first-order valence-electron chi connectivity index (χ1n) is 10.0. The molecule has 7 heteroatoms. The van der Waals surface area contributed by atoms with Crippen LogP contribution >= 0.6 is 0 Å². The van der Waals surface area contributed by atoms with Crippen molar-refractivity contribution in [2.75, 3.05) is 20.3 Å². The maximum atomic E-state index is 12.3. The first kappa shape index (κ1) is 22.1. The summed E-state index contributed by atoms with van der Waals surface area (Å²) in [6.45, 7) is 6.02. The summed E-state index contributed by atoms with van der Waals surface area (Å²) in [6, 6.07) is 12.8. The van der Waals surface area contributed by atoms with Crippen LogP contribution in [0.1, 0.15) is 43.4 Å². The number of methoxy groups -OCH3 is 1. The first-order chi connectivity index (χ1) is 14.9. The van der Waals surface area contributed by atoms with Gasteiger partial charge >= 0.3 is 11.9 Å². The summed E-state index contributed by atoms with van der Waals surface area (Å²) in [5.74, 6) is 0.501. The minimum absolute atomic E-state index is 0.185. The lowest BCUT2D eigenvalue weighted by Gasteiger charge is -2.10. The van der Waals surface area contributed by atoms with Crippen LogP contribution in [0, 0.1) is 0 Å². The topological polar surface area (TPSA) is 83.4 Å². The summed E-state index contributed by atoms with van der Waals surface area (Å²) in [4.78, 5) is 28.1. The molecule has 1 aliphatic heterocycles. The van der Waals surface area contributed by atoms with Crippen molar-refractivity contribution in [2.45, 2.75) is 26.7 Å². The van der Waals surface area contributed by atoms with E-state index in [4.69, 9.17) is 18.9 Å². The fourth-order valence-electron chi connectivity index (χ4n) is 2.93. The number of hydrogen-bond donors (Lipinski definition) is 0. The molecule has 3 rings (SSSR count). The van der Waals surface area contributed by atoms with Crippen LogP contribution in [-0.2, 0) is 19.1 Å². The van der Waals surface area contributed by atoms with Crippen LogP contribution in [0.3, 0.4) is 0 Å². The Morgan fingerprint density at radius 3 is 2.52 bits per heavy atom. The lowest BCUT2D eigenvalue weighted by atomic mass is 10.0. The van der Waals surface area contributed by atoms with Gasteiger partial charge in [-0.1, -0.05) is 32.0 Å². The molecule has 0 N–H and O–H groups in total. The van der Waals surface area contributed by atoms with Gasteiger partial charge in [0.2, 0.25) is 5.90 Å². The van der Waals surface area contributed by atoms with Gasteiger partial charge in [0.1, 0.15) is 0 Å². The summed E-state index contributed by atoms with van der Waals surface area (Å²) < 4.78 is 21.0. The second kappa shape index (κ2) is 9.93. The van der Waals surface area contributed by atoms with Gasteiger partial charge in [0.15, 0.2) is 23.8 Å². The van der Waals surface area contributed by atoms with Crippen molar-refractivity contribution < 1.29 is 28.5 Å². The van der Waals surface area contributed by atoms with Crippen molar-refractivity contribution in [3.63, 3.8) is 0 Å². The molecule has 2 aromatic rings. The van der Waals surface area contributed by atoms with E-state index in [0.29, 0.717) is 23.0 Å². The van der Waals surface area contributed by atoms with Crippen LogP contribution in [0.2, 0.25) is 0 Å². The number of carbonyl (C=O) groups excluding carboxylic acids is 2. The molecular formula is C24H25NO6. The number of ether oxygens (including phenoxy) is 4. The van der Waals surface area contributed by atoms with Crippen molar-refractivity contribution in [2.24, 2.45) is 4.99 Å². The molecule has 162 valence electrons. The Hall–Kier alpha value is -3.61. The molecule has 0 saturated heterocycles. The van der Waals surface area contributed by atoms with Gasteiger partial charge in [-0.2, -0.15) is 0 Å². The van der Waals surface area contributed by atoms with Crippen molar-refractivity contribution in [1.82, 2.24) is 0 Å². The van der Waals surface area contributed by atoms with Crippen LogP contribution in [0.4, 0.5) is 0 Å². The third kappa shape index (κ3) is 5.51. The van der Waals surface area contributed by atoms with Gasteiger partial charge < -0.3 is 18.9 Å². The van der Waals surface area contributed by atoms with Gasteiger partial charge in [-0.05, 0) is 54.3 Å². The quantitative estimate of drug-likeness (QED) is 0.469. The minimum Gasteiger partial charge on any atom is -0.493 e. The molecule has 2 aromatic carbocycles. The second-order valence-electron chi connectivity index (χ2n) is 7.12. The number of rotatable bonds is 8. The van der Waals surface area contributed by atoms with Gasteiger partial charge in [-0.25, -0.2) is 14.6 Å². The summed E-state index contributed by atoms with van der Waals surface area (Å²) in [6.07, 6.45) is 1.61. The monoisotopic (exact) mass is 423 g/mol. The van der Waals surface area contributed by atoms with Gasteiger partial charge in [0.05, 0.1) is 13.7 Å². The number of nitrogens with zero attached hydrogens (tertiary/aromatic N) is 1. The van der Waals surface area contributed by atoms with E-state index in [1.807, 2.05) is 24.3 Å². The van der Waals surface area contributed by atoms with Crippen LogP contribution in [0.15, 0.2) is 53.2 Å². The highest BCUT2D eigenvalue weighted by Crippen LogP contribution is 2.30. The second-order valence-corrected chi connectivity index (χ2v) is 7.12. The summed E-state index contributed by atoms with van der Waals surface area (Å²) in [5, 5.41) is 0. The molecule has 0 spiro atoms. The Labute approximate surface area is 181 Å². The van der Waals surface area contributed by atoms with E-state index < -0.39 is 11.9 Å². The normalized spacial score (nSPS) is 14.4. The summed E-state index contributed by atoms with van der Waals surface area (Å²) in [7, 11) is 1.49. The van der Waals surface area contributed by atoms with Gasteiger partial charge in [-0.3, -0.25) is 0 Å². The van der Waals surface area contributed by atoms with E-state index in [-0.39, 0.29) is 24.8 Å². The Balaban J connectivity index is 1.78. The number of aliphatic imine (C=N–C) groups is 1. The standard InChI is InChI=1S/C24H25NO6/c1-5-29-22(26)14-30-20-11-6-16(13-21(20)28-4)12-19-24(27)31-23(25-19)18-9-7-17(8-10-18)15(2)3/h6-13,15H,5,14H2,1-4H3/b19-12-. The number of esters is 2. The van der Waals surface area contributed by atoms with E-state index in [2.05, 4.69) is 18.8 Å². The van der Waals surface area contributed by atoms with Crippen LogP contribution in [-0.4, -0.2) is 38.2 Å². The number of benzene rings is 2. The molecule has 31 heavy (non-hydrogen) atoms. The van der Waals surface area contributed by atoms with Crippen molar-refractivity contribution in [3.8, 4) is 11.5 Å². The van der Waals surface area contributed by atoms with Crippen LogP contribution in [0.25, 0.3) is 6.08 Å². The Kier molecular flexibility index (Phi) is 7.07. The summed E-state index contributed by atoms with van der Waals surface area (Å²) in [5.41, 5.74) is 2.79. The third-order valence-electron chi connectivity index (χ3n) is 4.59. The van der Waals surface area contributed by atoms with Gasteiger partial charge in [0.25, 0.3) is 0 Å². The highest BCUT2D eigenvalue weighted by molar-refractivity contribution is 6.12. The fourth-order valence-corrected chi connectivity index (χ4v) is 2.93. The Bertz CT molecular complexity index is 1020. The zero-order valence-corrected chi connectivity index (χ0v) is 18.0. The number of cyclic esters (lactones) is 1. The molecule has 0 radical (unpaired) electrons. The van der Waals surface area contributed by atoms with Crippen molar-refractivity contribution >= 4 is 23.9 Å². The molecule has 7 nitrogen and oxygen atoms in total. The third-order valence-corrected chi connectivity index (χ3v) is 4.59. The Morgan fingerprint density at radius 1 is 1.13 bits per heavy atom. The molecule has 0 atom stereocenters. The molecule has 0 fully saturated rings. The minimum atomic E-state index is -0.524. The number of hydrogen-bond acceptors (Lipinski definition) is 7. The largest absolute Gasteiger partial charge is 0.493 e. The molecule has 1 heterocycles. The molecule has 0 aliphatic carbocycles. The molecule has 0 unspecified atom stereocenters. The zero-order chi connectivity index (χ0) is 22.4. The molecule has 0 saturated carbocycles. The fraction of sp³-hybridized carbons (Fsp3) is 0.292. The molecule has 0 amide bonds. The van der Waals surface area contributed by atoms with E-state index >= 15 is 0 Å². The molecule has 0 aromatic heterocycles. The smallest absolute Gasteiger partial charge is 0.363 e. The average Bonchev–Trinajstić information content (AvgIpc) is 3.13. The van der Waals surface area contributed by atoms with Crippen molar-refractivity contribution in [1.29, 1.82) is 0 Å². The number of carbonyl (C=O) groups is 2. The van der Waals surface area contributed by atoms with E-state index in [1.54, 1.807) is 31.2 Å². The molecule has 0 bridgehead atoms. The van der Waals surface area contributed by atoms with Crippen molar-refractivity contribution in [3.05, 3.63) is 64.9 Å². The maximum Gasteiger partial charge on any atom is 0.363 e. The van der Waals surface area contributed by atoms with Gasteiger partial charge in [0, 0.05) is 5.56 Å². The molecule has 1 aliphatic rings. The lowest BCUT2D eigenvalue weighted by Crippen LogP contribution is -2.14. The lowest BCUT2D eigenvalue weighted by molar-refractivity contribution is -0.145. The van der Waals surface area contributed by atoms with Crippen LogP contribution < -0.4 is 9.47 Å². The summed E-state index contributed by atoms with van der Waals surface area (Å²) >= 11 is 0. The highest BCUT2D eigenvalue weighted by atomic mass is 16.6. The van der Waals surface area contributed by atoms with E-state index in [9.17, 15) is 9.59 Å². The van der Waals surface area contributed by atoms with E-state index in [0.717, 1.165) is 5.56 Å². The maximum absolute atomic E-state index is 12.3. The predicted octanol–water partition coefficient (Wildman–Crippen LogP) is 4.11. The predicted molar refractivity (Wildman–Crippen MR) is 116 cm³/mol.